The molecular weight excluding hydrogens is 342 g/mol. The Morgan fingerprint density at radius 3 is 2.78 bits per heavy atom. The number of benzene rings is 1. The molecule has 0 atom stereocenters. The van der Waals surface area contributed by atoms with Crippen LogP contribution in [-0.4, -0.2) is 67.3 Å². The van der Waals surface area contributed by atoms with Crippen molar-refractivity contribution in [2.24, 2.45) is 12.0 Å². The van der Waals surface area contributed by atoms with Crippen molar-refractivity contribution in [3.63, 3.8) is 0 Å². The summed E-state index contributed by atoms with van der Waals surface area (Å²) in [5.41, 5.74) is 3.16. The topological polar surface area (TPSA) is 69.0 Å². The van der Waals surface area contributed by atoms with Crippen LogP contribution in [0, 0.1) is 0 Å². The second kappa shape index (κ2) is 8.11. The average Bonchev–Trinajstić information content (AvgIpc) is 3.08. The Morgan fingerprint density at radius 2 is 2.15 bits per heavy atom. The minimum absolute atomic E-state index is 0.0480. The summed E-state index contributed by atoms with van der Waals surface area (Å²) in [6, 6.07) is 8.35. The Morgan fingerprint density at radius 1 is 1.33 bits per heavy atom. The number of anilines is 2. The monoisotopic (exact) mass is 369 g/mol. The number of carbonyl (C=O) groups excluding carboxylic acids is 1. The van der Waals surface area contributed by atoms with Gasteiger partial charge in [-0.2, -0.15) is 5.10 Å². The summed E-state index contributed by atoms with van der Waals surface area (Å²) < 4.78 is 1.71. The Bertz CT molecular complexity index is 827. The van der Waals surface area contributed by atoms with Gasteiger partial charge in [0.2, 0.25) is 5.91 Å². The lowest BCUT2D eigenvalue weighted by atomic mass is 10.2. The zero-order chi connectivity index (χ0) is 19.4. The molecule has 1 aliphatic heterocycles. The van der Waals surface area contributed by atoms with Crippen LogP contribution in [0.15, 0.2) is 41.7 Å². The highest BCUT2D eigenvalue weighted by Crippen LogP contribution is 2.16. The lowest BCUT2D eigenvalue weighted by molar-refractivity contribution is -0.120. The van der Waals surface area contributed by atoms with Gasteiger partial charge in [0.1, 0.15) is 6.54 Å². The van der Waals surface area contributed by atoms with Crippen molar-refractivity contribution in [3.8, 4) is 0 Å². The molecule has 144 valence electrons. The maximum absolute atomic E-state index is 12.6. The van der Waals surface area contributed by atoms with Gasteiger partial charge in [-0.1, -0.05) is 12.1 Å². The molecule has 1 fully saturated rings. The molecule has 2 aromatic rings. The van der Waals surface area contributed by atoms with Gasteiger partial charge in [-0.25, -0.2) is 0 Å². The van der Waals surface area contributed by atoms with Crippen LogP contribution >= 0.6 is 0 Å². The van der Waals surface area contributed by atoms with E-state index < -0.39 is 0 Å². The van der Waals surface area contributed by atoms with Crippen molar-refractivity contribution >= 4 is 23.2 Å². The van der Waals surface area contributed by atoms with Gasteiger partial charge in [-0.3, -0.25) is 14.5 Å². The first-order chi connectivity index (χ1) is 13.0. The van der Waals surface area contributed by atoms with Crippen molar-refractivity contribution in [1.82, 2.24) is 20.0 Å². The number of hydrogen-bond donors (Lipinski definition) is 1. The molecular formula is C19H27N7O. The van der Waals surface area contributed by atoms with Crippen molar-refractivity contribution in [1.29, 1.82) is 0 Å². The van der Waals surface area contributed by atoms with Crippen LogP contribution in [0.25, 0.3) is 0 Å². The number of aliphatic imine (C=N–C) groups is 1. The highest BCUT2D eigenvalue weighted by molar-refractivity contribution is 5.98. The molecule has 1 aromatic heterocycles. The fraction of sp³-hybridized carbons (Fsp3) is 0.421. The molecule has 8 heteroatoms. The number of carbonyl (C=O) groups is 1. The van der Waals surface area contributed by atoms with E-state index in [9.17, 15) is 4.79 Å². The maximum atomic E-state index is 12.6. The third-order valence-corrected chi connectivity index (χ3v) is 4.61. The Kier molecular flexibility index (Phi) is 5.63. The fourth-order valence-electron chi connectivity index (χ4n) is 3.13. The second-order valence-electron chi connectivity index (χ2n) is 6.80. The molecule has 3 rings (SSSR count). The summed E-state index contributed by atoms with van der Waals surface area (Å²) in [4.78, 5) is 22.8. The van der Waals surface area contributed by atoms with Crippen LogP contribution < -0.4 is 15.1 Å². The number of amides is 1. The zero-order valence-corrected chi connectivity index (χ0v) is 16.4. The zero-order valence-electron chi connectivity index (χ0n) is 16.4. The van der Waals surface area contributed by atoms with Gasteiger partial charge in [-0.05, 0) is 17.7 Å². The first-order valence-electron chi connectivity index (χ1n) is 8.99. The second-order valence-corrected chi connectivity index (χ2v) is 6.80. The van der Waals surface area contributed by atoms with Crippen LogP contribution in [0.3, 0.4) is 0 Å². The van der Waals surface area contributed by atoms with E-state index in [1.165, 1.54) is 5.56 Å². The van der Waals surface area contributed by atoms with Gasteiger partial charge in [0, 0.05) is 59.7 Å². The summed E-state index contributed by atoms with van der Waals surface area (Å²) in [6.07, 6.45) is 3.58. The van der Waals surface area contributed by atoms with Gasteiger partial charge in [0.25, 0.3) is 0 Å². The molecule has 27 heavy (non-hydrogen) atoms. The Balaban J connectivity index is 1.60. The third-order valence-electron chi connectivity index (χ3n) is 4.61. The number of aromatic nitrogens is 2. The van der Waals surface area contributed by atoms with Crippen molar-refractivity contribution in [2.75, 3.05) is 50.6 Å². The molecule has 1 saturated heterocycles. The molecule has 8 nitrogen and oxygen atoms in total. The van der Waals surface area contributed by atoms with E-state index in [-0.39, 0.29) is 5.91 Å². The van der Waals surface area contributed by atoms with Gasteiger partial charge in [0.05, 0.1) is 11.9 Å². The minimum Gasteiger partial charge on any atom is -0.378 e. The van der Waals surface area contributed by atoms with Crippen molar-refractivity contribution < 1.29 is 4.79 Å². The van der Waals surface area contributed by atoms with Crippen LogP contribution in [-0.2, 0) is 18.4 Å². The SMILES string of the molecule is CN=C(NCc1cccc(N(C)C)c1)N1CCN(c2cnn(C)c2)C(=O)C1. The number of piperazine rings is 1. The van der Waals surface area contributed by atoms with E-state index in [2.05, 4.69) is 38.5 Å². The van der Waals surface area contributed by atoms with E-state index >= 15 is 0 Å². The first kappa shape index (κ1) is 18.8. The summed E-state index contributed by atoms with van der Waals surface area (Å²) in [5, 5.41) is 7.52. The molecule has 0 unspecified atom stereocenters. The predicted molar refractivity (Wildman–Crippen MR) is 108 cm³/mol. The standard InChI is InChI=1S/C19H27N7O/c1-20-19(21-11-15-6-5-7-16(10-15)23(2)3)25-8-9-26(18(27)14-25)17-12-22-24(4)13-17/h5-7,10,12-13H,8-9,11,14H2,1-4H3,(H,20,21). The van der Waals surface area contributed by atoms with E-state index in [1.54, 1.807) is 22.8 Å². The number of hydrogen-bond acceptors (Lipinski definition) is 4. The van der Waals surface area contributed by atoms with Crippen molar-refractivity contribution in [2.45, 2.75) is 6.54 Å². The number of nitrogens with zero attached hydrogens (tertiary/aromatic N) is 6. The van der Waals surface area contributed by atoms with E-state index in [1.807, 2.05) is 38.3 Å². The molecule has 0 saturated carbocycles. The molecule has 0 bridgehead atoms. The van der Waals surface area contributed by atoms with E-state index in [0.29, 0.717) is 19.6 Å². The molecule has 1 amide bonds. The molecule has 0 spiro atoms. The van der Waals surface area contributed by atoms with Gasteiger partial charge < -0.3 is 20.0 Å². The summed E-state index contributed by atoms with van der Waals surface area (Å²) >= 11 is 0. The number of aryl methyl sites for hydroxylation is 1. The molecule has 0 radical (unpaired) electrons. The normalized spacial score (nSPS) is 15.3. The van der Waals surface area contributed by atoms with Crippen LogP contribution in [0.2, 0.25) is 0 Å². The smallest absolute Gasteiger partial charge is 0.246 e. The number of rotatable bonds is 4. The largest absolute Gasteiger partial charge is 0.378 e. The molecule has 1 aromatic carbocycles. The molecule has 1 aliphatic rings. The highest BCUT2D eigenvalue weighted by Gasteiger charge is 2.27. The number of guanidine groups is 1. The summed E-state index contributed by atoms with van der Waals surface area (Å²) in [7, 11) is 7.65. The van der Waals surface area contributed by atoms with Gasteiger partial charge in [0.15, 0.2) is 5.96 Å². The quantitative estimate of drug-likeness (QED) is 0.641. The lowest BCUT2D eigenvalue weighted by Gasteiger charge is -2.35. The summed E-state index contributed by atoms with van der Waals surface area (Å²) in [5.74, 6) is 0.788. The predicted octanol–water partition coefficient (Wildman–Crippen LogP) is 0.910. The fourth-order valence-corrected chi connectivity index (χ4v) is 3.13. The Hall–Kier alpha value is -3.03. The minimum atomic E-state index is 0.0480. The number of nitrogens with one attached hydrogen (secondary N) is 1. The van der Waals surface area contributed by atoms with Crippen LogP contribution in [0.1, 0.15) is 5.56 Å². The van der Waals surface area contributed by atoms with Gasteiger partial charge in [-0.15, -0.1) is 0 Å². The Labute approximate surface area is 160 Å². The molecule has 2 heterocycles. The van der Waals surface area contributed by atoms with Crippen molar-refractivity contribution in [3.05, 3.63) is 42.2 Å². The third kappa shape index (κ3) is 4.39. The van der Waals surface area contributed by atoms with E-state index in [4.69, 9.17) is 0 Å². The highest BCUT2D eigenvalue weighted by atomic mass is 16.2. The first-order valence-corrected chi connectivity index (χ1v) is 8.99. The lowest BCUT2D eigenvalue weighted by Crippen LogP contribution is -2.55. The van der Waals surface area contributed by atoms with Crippen LogP contribution in [0.4, 0.5) is 11.4 Å². The molecule has 0 aliphatic carbocycles. The van der Waals surface area contributed by atoms with Gasteiger partial charge >= 0.3 is 0 Å². The van der Waals surface area contributed by atoms with E-state index in [0.717, 1.165) is 23.9 Å². The average molecular weight is 369 g/mol. The molecule has 1 N–H and O–H groups in total. The maximum Gasteiger partial charge on any atom is 0.246 e. The van der Waals surface area contributed by atoms with Crippen LogP contribution in [0.5, 0.6) is 0 Å². The summed E-state index contributed by atoms with van der Waals surface area (Å²) in [6.45, 7) is 2.29.